The highest BCUT2D eigenvalue weighted by molar-refractivity contribution is 7.17. The van der Waals surface area contributed by atoms with Crippen LogP contribution in [0.4, 0.5) is 27.8 Å². The van der Waals surface area contributed by atoms with Crippen LogP contribution in [-0.2, 0) is 4.79 Å². The third-order valence-electron chi connectivity index (χ3n) is 8.48. The van der Waals surface area contributed by atoms with Crippen molar-refractivity contribution in [3.05, 3.63) is 28.5 Å². The SMILES string of the molecule is Cc1nc(C(=O)NC2CCCC2)sc1-c1cnc(NC(C2CC2)C(F)(F)F)cc1C(F)F.O=CN1C2CCC1CC2. The Balaban J connectivity index is 0.000000315. The summed E-state index contributed by atoms with van der Waals surface area (Å²) in [6, 6.07) is 0.465. The summed E-state index contributed by atoms with van der Waals surface area (Å²) in [7, 11) is 0. The molecule has 7 nitrogen and oxygen atoms in total. The Labute approximate surface area is 239 Å². The van der Waals surface area contributed by atoms with Gasteiger partial charge in [0.25, 0.3) is 12.3 Å². The molecule has 2 aliphatic heterocycles. The third kappa shape index (κ3) is 6.81. The summed E-state index contributed by atoms with van der Waals surface area (Å²) in [4.78, 5) is 33.5. The number of aromatic nitrogens is 2. The molecule has 2 bridgehead atoms. The molecule has 2 aliphatic carbocycles. The molecule has 1 atom stereocenters. The lowest BCUT2D eigenvalue weighted by Gasteiger charge is -2.22. The van der Waals surface area contributed by atoms with E-state index < -0.39 is 30.1 Å². The van der Waals surface area contributed by atoms with E-state index in [9.17, 15) is 31.5 Å². The van der Waals surface area contributed by atoms with Gasteiger partial charge in [-0.2, -0.15) is 13.2 Å². The van der Waals surface area contributed by atoms with E-state index in [0.29, 0.717) is 35.5 Å². The fraction of sp³-hybridized carbons (Fsp3) is 0.643. The maximum absolute atomic E-state index is 13.8. The summed E-state index contributed by atoms with van der Waals surface area (Å²) < 4.78 is 67.5. The monoisotopic (exact) mass is 599 g/mol. The van der Waals surface area contributed by atoms with Gasteiger partial charge in [-0.05, 0) is 70.3 Å². The van der Waals surface area contributed by atoms with Gasteiger partial charge < -0.3 is 15.5 Å². The minimum Gasteiger partial charge on any atom is -0.358 e. The van der Waals surface area contributed by atoms with E-state index in [1.54, 1.807) is 6.92 Å². The van der Waals surface area contributed by atoms with Gasteiger partial charge in [-0.3, -0.25) is 9.59 Å². The van der Waals surface area contributed by atoms with E-state index in [1.165, 1.54) is 25.7 Å². The highest BCUT2D eigenvalue weighted by atomic mass is 32.1. The predicted octanol–water partition coefficient (Wildman–Crippen LogP) is 6.65. The zero-order valence-electron chi connectivity index (χ0n) is 22.7. The molecule has 2 aromatic heterocycles. The number of alkyl halides is 5. The van der Waals surface area contributed by atoms with Crippen molar-refractivity contribution in [2.24, 2.45) is 5.92 Å². The molecular weight excluding hydrogens is 565 g/mol. The van der Waals surface area contributed by atoms with E-state index in [0.717, 1.165) is 55.7 Å². The fourth-order valence-electron chi connectivity index (χ4n) is 6.16. The van der Waals surface area contributed by atoms with Crippen molar-refractivity contribution in [3.8, 4) is 10.4 Å². The number of anilines is 1. The molecule has 13 heteroatoms. The van der Waals surface area contributed by atoms with Gasteiger partial charge in [0.05, 0.1) is 10.6 Å². The number of hydrogen-bond acceptors (Lipinski definition) is 6. The average Bonchev–Trinajstić information content (AvgIpc) is 3.27. The number of amides is 2. The molecule has 4 fully saturated rings. The molecule has 6 rings (SSSR count). The van der Waals surface area contributed by atoms with Crippen LogP contribution >= 0.6 is 11.3 Å². The molecule has 2 amide bonds. The van der Waals surface area contributed by atoms with Gasteiger partial charge >= 0.3 is 6.18 Å². The van der Waals surface area contributed by atoms with Gasteiger partial charge in [0.1, 0.15) is 11.9 Å². The average molecular weight is 600 g/mol. The Hall–Kier alpha value is -2.83. The summed E-state index contributed by atoms with van der Waals surface area (Å²) in [5, 5.41) is 5.37. The normalized spacial score (nSPS) is 23.0. The van der Waals surface area contributed by atoms with Gasteiger partial charge in [0.15, 0.2) is 5.01 Å². The number of fused-ring (bicyclic) bond motifs is 2. The van der Waals surface area contributed by atoms with Crippen LogP contribution in [0, 0.1) is 12.8 Å². The van der Waals surface area contributed by atoms with Gasteiger partial charge in [-0.15, -0.1) is 11.3 Å². The van der Waals surface area contributed by atoms with Crippen molar-refractivity contribution in [2.75, 3.05) is 5.32 Å². The van der Waals surface area contributed by atoms with Crippen molar-refractivity contribution < 1.29 is 31.5 Å². The molecule has 2 saturated carbocycles. The van der Waals surface area contributed by atoms with Crippen LogP contribution in [0.2, 0.25) is 0 Å². The molecule has 0 aromatic carbocycles. The topological polar surface area (TPSA) is 87.2 Å². The van der Waals surface area contributed by atoms with Crippen LogP contribution in [0.25, 0.3) is 10.4 Å². The lowest BCUT2D eigenvalue weighted by atomic mass is 10.0. The van der Waals surface area contributed by atoms with Crippen molar-refractivity contribution >= 4 is 29.5 Å². The van der Waals surface area contributed by atoms with Gasteiger partial charge in [0.2, 0.25) is 6.41 Å². The van der Waals surface area contributed by atoms with Crippen molar-refractivity contribution in [1.82, 2.24) is 20.2 Å². The smallest absolute Gasteiger partial charge is 0.358 e. The second-order valence-corrected chi connectivity index (χ2v) is 12.4. The van der Waals surface area contributed by atoms with Crippen molar-refractivity contribution in [3.63, 3.8) is 0 Å². The minimum atomic E-state index is -4.50. The first-order valence-electron chi connectivity index (χ1n) is 14.2. The van der Waals surface area contributed by atoms with Crippen LogP contribution in [0.3, 0.4) is 0 Å². The van der Waals surface area contributed by atoms with Gasteiger partial charge in [-0.25, -0.2) is 18.7 Å². The fourth-order valence-corrected chi connectivity index (χ4v) is 7.16. The van der Waals surface area contributed by atoms with Crippen LogP contribution in [0.15, 0.2) is 12.3 Å². The largest absolute Gasteiger partial charge is 0.408 e. The minimum absolute atomic E-state index is 0.0652. The van der Waals surface area contributed by atoms with Crippen molar-refractivity contribution in [2.45, 2.75) is 108 Å². The van der Waals surface area contributed by atoms with Crippen LogP contribution in [-0.4, -0.2) is 57.5 Å². The van der Waals surface area contributed by atoms with Crippen LogP contribution in [0.5, 0.6) is 0 Å². The zero-order chi connectivity index (χ0) is 29.3. The maximum atomic E-state index is 13.8. The molecule has 2 aromatic rings. The Kier molecular flexibility index (Phi) is 8.81. The maximum Gasteiger partial charge on any atom is 0.408 e. The number of hydrogen-bond donors (Lipinski definition) is 2. The van der Waals surface area contributed by atoms with E-state index in [2.05, 4.69) is 20.6 Å². The Bertz CT molecular complexity index is 1220. The highest BCUT2D eigenvalue weighted by Crippen LogP contribution is 2.43. The van der Waals surface area contributed by atoms with Gasteiger partial charge in [0, 0.05) is 35.4 Å². The summed E-state index contributed by atoms with van der Waals surface area (Å²) in [6.45, 7) is 1.60. The zero-order valence-corrected chi connectivity index (χ0v) is 23.5. The number of carbonyl (C=O) groups excluding carboxylic acids is 2. The lowest BCUT2D eigenvalue weighted by molar-refractivity contribution is -0.146. The second kappa shape index (κ2) is 12.2. The number of nitrogens with one attached hydrogen (secondary N) is 2. The first kappa shape index (κ1) is 29.7. The molecule has 2 N–H and O–H groups in total. The molecule has 1 unspecified atom stereocenters. The predicted molar refractivity (Wildman–Crippen MR) is 145 cm³/mol. The molecule has 4 heterocycles. The Morgan fingerprint density at radius 3 is 2.22 bits per heavy atom. The highest BCUT2D eigenvalue weighted by Gasteiger charge is 2.49. The molecule has 0 spiro atoms. The summed E-state index contributed by atoms with van der Waals surface area (Å²) in [5.74, 6) is -1.17. The molecule has 0 radical (unpaired) electrons. The van der Waals surface area contributed by atoms with E-state index >= 15 is 0 Å². The first-order valence-corrected chi connectivity index (χ1v) is 15.0. The Morgan fingerprint density at radius 2 is 1.71 bits per heavy atom. The molecule has 2 saturated heterocycles. The van der Waals surface area contributed by atoms with E-state index in [1.807, 2.05) is 4.90 Å². The summed E-state index contributed by atoms with van der Waals surface area (Å²) in [5.41, 5.74) is 0.00583. The number of nitrogens with zero attached hydrogens (tertiary/aromatic N) is 3. The van der Waals surface area contributed by atoms with E-state index in [-0.39, 0.29) is 28.3 Å². The number of pyridine rings is 1. The summed E-state index contributed by atoms with van der Waals surface area (Å²) in [6.07, 6.45) is 4.50. The number of carbonyl (C=O) groups is 2. The Morgan fingerprint density at radius 1 is 1.07 bits per heavy atom. The number of halogens is 5. The molecule has 41 heavy (non-hydrogen) atoms. The van der Waals surface area contributed by atoms with E-state index in [4.69, 9.17) is 0 Å². The van der Waals surface area contributed by atoms with Crippen LogP contribution in [0.1, 0.15) is 91.7 Å². The number of thiazole rings is 1. The lowest BCUT2D eigenvalue weighted by Crippen LogP contribution is -2.38. The molecule has 224 valence electrons. The standard InChI is InChI=1S/C21H23F5N4OS.C7H11NO/c1-10-16(32-20(28-10)19(31)29-12-4-2-3-5-12)14-9-27-15(8-13(14)18(22)23)30-17(11-6-7-11)21(24,25)26;9-5-8-6-1-2-7(8)4-3-6/h8-9,11-12,17-18H,2-7H2,1H3,(H,27,30)(H,29,31);5-7H,1-4H2. The van der Waals surface area contributed by atoms with Crippen LogP contribution < -0.4 is 10.6 Å². The molecular formula is C28H34F5N5O2S. The molecule has 4 aliphatic rings. The quantitative estimate of drug-likeness (QED) is 0.262. The van der Waals surface area contributed by atoms with Crippen molar-refractivity contribution in [1.29, 1.82) is 0 Å². The second-order valence-electron chi connectivity index (χ2n) is 11.4. The summed E-state index contributed by atoms with van der Waals surface area (Å²) >= 11 is 0.978. The number of aryl methyl sites for hydroxylation is 1. The first-order chi connectivity index (χ1) is 19.5. The number of rotatable bonds is 8. The third-order valence-corrected chi connectivity index (χ3v) is 9.67. The van der Waals surface area contributed by atoms with Gasteiger partial charge in [-0.1, -0.05) is 12.8 Å².